The lowest BCUT2D eigenvalue weighted by Crippen LogP contribution is -2.45. The molecular weight excluding hydrogens is 572 g/mol. The maximum Gasteiger partial charge on any atom is 0.338 e. The second kappa shape index (κ2) is 13.5. The van der Waals surface area contributed by atoms with Crippen LogP contribution >= 0.6 is 0 Å². The lowest BCUT2D eigenvalue weighted by atomic mass is 9.95. The predicted octanol–water partition coefficient (Wildman–Crippen LogP) is 3.73. The lowest BCUT2D eigenvalue weighted by molar-refractivity contribution is -0.384. The number of allylic oxidation sites excluding steroid dienone is 1. The molecular formula is C30H32N6O8. The Balaban J connectivity index is 1.42. The molecule has 4 rings (SSSR count). The van der Waals surface area contributed by atoms with Gasteiger partial charge in [0.15, 0.2) is 18.1 Å². The van der Waals surface area contributed by atoms with Gasteiger partial charge in [-0.2, -0.15) is 5.10 Å². The van der Waals surface area contributed by atoms with Gasteiger partial charge in [-0.3, -0.25) is 14.9 Å². The zero-order valence-corrected chi connectivity index (χ0v) is 24.8. The molecule has 3 N–H and O–H groups in total. The number of hydrogen-bond donors (Lipinski definition) is 3. The van der Waals surface area contributed by atoms with Crippen molar-refractivity contribution in [3.63, 3.8) is 0 Å². The molecule has 2 aromatic carbocycles. The van der Waals surface area contributed by atoms with E-state index in [0.29, 0.717) is 22.5 Å². The van der Waals surface area contributed by atoms with E-state index in [1.807, 2.05) is 24.5 Å². The van der Waals surface area contributed by atoms with Crippen molar-refractivity contribution in [2.24, 2.45) is 5.10 Å². The highest BCUT2D eigenvalue weighted by Gasteiger charge is 2.32. The minimum Gasteiger partial charge on any atom is -0.493 e. The Morgan fingerprint density at radius 2 is 1.91 bits per heavy atom. The molecule has 230 valence electrons. The van der Waals surface area contributed by atoms with E-state index in [2.05, 4.69) is 21.2 Å². The van der Waals surface area contributed by atoms with Crippen molar-refractivity contribution in [3.8, 4) is 17.2 Å². The number of nitrogens with one attached hydrogen (secondary N) is 3. The smallest absolute Gasteiger partial charge is 0.338 e. The van der Waals surface area contributed by atoms with E-state index >= 15 is 0 Å². The van der Waals surface area contributed by atoms with Crippen LogP contribution in [0.2, 0.25) is 0 Å². The van der Waals surface area contributed by atoms with Gasteiger partial charge in [-0.25, -0.2) is 15.0 Å². The number of carbonyl (C=O) groups excluding carboxylic acids is 3. The van der Waals surface area contributed by atoms with Crippen LogP contribution in [0.3, 0.4) is 0 Å². The first-order valence-electron chi connectivity index (χ1n) is 13.6. The Kier molecular flexibility index (Phi) is 9.63. The normalized spacial score (nSPS) is 14.6. The fourth-order valence-electron chi connectivity index (χ4n) is 4.82. The van der Waals surface area contributed by atoms with E-state index in [0.717, 1.165) is 11.4 Å². The van der Waals surface area contributed by atoms with E-state index in [9.17, 15) is 24.5 Å². The summed E-state index contributed by atoms with van der Waals surface area (Å²) in [5.74, 6) is -0.561. The van der Waals surface area contributed by atoms with Crippen molar-refractivity contribution in [1.82, 2.24) is 20.6 Å². The number of hydrogen-bond acceptors (Lipinski definition) is 9. The molecule has 0 spiro atoms. The van der Waals surface area contributed by atoms with Crippen molar-refractivity contribution < 1.29 is 33.5 Å². The number of rotatable bonds is 11. The van der Waals surface area contributed by atoms with Gasteiger partial charge in [0.1, 0.15) is 0 Å². The summed E-state index contributed by atoms with van der Waals surface area (Å²) in [6.07, 6.45) is 1.48. The molecule has 1 atom stereocenters. The van der Waals surface area contributed by atoms with Crippen LogP contribution in [-0.2, 0) is 14.3 Å². The van der Waals surface area contributed by atoms with E-state index in [1.165, 1.54) is 25.5 Å². The van der Waals surface area contributed by atoms with Crippen LogP contribution in [0.15, 0.2) is 64.9 Å². The fraction of sp³-hybridized carbons (Fsp3) is 0.267. The predicted molar refractivity (Wildman–Crippen MR) is 160 cm³/mol. The van der Waals surface area contributed by atoms with E-state index in [4.69, 9.17) is 14.2 Å². The van der Waals surface area contributed by atoms with Crippen LogP contribution in [0, 0.1) is 24.0 Å². The summed E-state index contributed by atoms with van der Waals surface area (Å²) in [5, 5.41) is 20.5. The average Bonchev–Trinajstić information content (AvgIpc) is 3.27. The van der Waals surface area contributed by atoms with Gasteiger partial charge in [0.05, 0.1) is 42.2 Å². The first-order chi connectivity index (χ1) is 21.0. The minimum atomic E-state index is -0.789. The topological polar surface area (TPSA) is 175 Å². The van der Waals surface area contributed by atoms with Crippen LogP contribution in [0.1, 0.15) is 42.4 Å². The molecule has 0 fully saturated rings. The summed E-state index contributed by atoms with van der Waals surface area (Å²) in [5.41, 5.74) is 6.53. The standard InChI is InChI=1S/C30H32N6O8/c1-6-43-29(38)27-18(3)32-30(39)33-28(27)20-10-11-24(25(13-20)42-5)44-16-26(37)34-31-15-21-12-17(2)35(19(21)4)22-8-7-9-23(14-22)36(40)41/h7-15,28H,6,16H2,1-5H3,(H,34,37)(H2,32,33,39)/b31-15-/t28-/m0/s1. The molecule has 14 nitrogen and oxygen atoms in total. The van der Waals surface area contributed by atoms with Gasteiger partial charge in [0.2, 0.25) is 0 Å². The van der Waals surface area contributed by atoms with Crippen molar-refractivity contribution >= 4 is 29.8 Å². The number of benzene rings is 2. The number of amides is 3. The first-order valence-corrected chi connectivity index (χ1v) is 13.6. The molecule has 0 radical (unpaired) electrons. The highest BCUT2D eigenvalue weighted by molar-refractivity contribution is 5.95. The van der Waals surface area contributed by atoms with Crippen LogP contribution in [0.25, 0.3) is 5.69 Å². The molecule has 0 unspecified atom stereocenters. The van der Waals surface area contributed by atoms with E-state index in [-0.39, 0.29) is 36.0 Å². The zero-order chi connectivity index (χ0) is 32.0. The summed E-state index contributed by atoms with van der Waals surface area (Å²) < 4.78 is 18.1. The Morgan fingerprint density at radius 1 is 1.14 bits per heavy atom. The molecule has 0 aliphatic carbocycles. The van der Waals surface area contributed by atoms with Crippen LogP contribution < -0.4 is 25.5 Å². The monoisotopic (exact) mass is 604 g/mol. The van der Waals surface area contributed by atoms with Crippen LogP contribution in [0.4, 0.5) is 10.5 Å². The van der Waals surface area contributed by atoms with Crippen molar-refractivity contribution in [2.45, 2.75) is 33.7 Å². The SMILES string of the molecule is CCOC(=O)C1=C(C)NC(=O)N[C@H]1c1ccc(OCC(=O)N/N=C\c2cc(C)n(-c3cccc([N+](=O)[O-])c3)c2C)c(OC)c1. The molecule has 44 heavy (non-hydrogen) atoms. The Hall–Kier alpha value is -5.66. The fourth-order valence-corrected chi connectivity index (χ4v) is 4.82. The van der Waals surface area contributed by atoms with Crippen LogP contribution in [0.5, 0.6) is 11.5 Å². The number of nitrogens with zero attached hydrogens (tertiary/aromatic N) is 3. The number of aryl methyl sites for hydroxylation is 1. The molecule has 3 aromatic rings. The third-order valence-corrected chi connectivity index (χ3v) is 6.81. The highest BCUT2D eigenvalue weighted by atomic mass is 16.6. The summed E-state index contributed by atoms with van der Waals surface area (Å²) in [6, 6.07) is 11.7. The number of esters is 1. The number of methoxy groups -OCH3 is 1. The molecule has 1 aliphatic heterocycles. The summed E-state index contributed by atoms with van der Waals surface area (Å²) in [7, 11) is 1.43. The number of ether oxygens (including phenoxy) is 3. The van der Waals surface area contributed by atoms with Gasteiger partial charge in [-0.05, 0) is 57.5 Å². The maximum absolute atomic E-state index is 12.6. The second-order valence-electron chi connectivity index (χ2n) is 9.72. The summed E-state index contributed by atoms with van der Waals surface area (Å²) in [6.45, 7) is 6.81. The number of nitro groups is 1. The van der Waals surface area contributed by atoms with Gasteiger partial charge in [-0.1, -0.05) is 12.1 Å². The Morgan fingerprint density at radius 3 is 2.61 bits per heavy atom. The second-order valence-corrected chi connectivity index (χ2v) is 9.72. The molecule has 2 heterocycles. The number of carbonyl (C=O) groups is 3. The number of urea groups is 1. The van der Waals surface area contributed by atoms with E-state index < -0.39 is 28.9 Å². The number of hydrazone groups is 1. The van der Waals surface area contributed by atoms with Crippen molar-refractivity contribution in [1.29, 1.82) is 0 Å². The molecule has 0 saturated heterocycles. The van der Waals surface area contributed by atoms with Gasteiger partial charge >= 0.3 is 12.0 Å². The Labute approximate surface area is 252 Å². The van der Waals surface area contributed by atoms with Crippen molar-refractivity contribution in [3.05, 3.63) is 92.4 Å². The third-order valence-electron chi connectivity index (χ3n) is 6.81. The van der Waals surface area contributed by atoms with E-state index in [1.54, 1.807) is 44.2 Å². The summed E-state index contributed by atoms with van der Waals surface area (Å²) >= 11 is 0. The number of aromatic nitrogens is 1. The lowest BCUT2D eigenvalue weighted by Gasteiger charge is -2.28. The third kappa shape index (κ3) is 6.86. The zero-order valence-electron chi connectivity index (χ0n) is 24.8. The van der Waals surface area contributed by atoms with Gasteiger partial charge in [-0.15, -0.1) is 0 Å². The molecule has 0 saturated carbocycles. The number of nitro benzene ring substituents is 1. The van der Waals surface area contributed by atoms with Crippen LogP contribution in [-0.4, -0.2) is 53.9 Å². The van der Waals surface area contributed by atoms with Gasteiger partial charge < -0.3 is 29.4 Å². The molecule has 1 aromatic heterocycles. The molecule has 0 bridgehead atoms. The summed E-state index contributed by atoms with van der Waals surface area (Å²) in [4.78, 5) is 48.0. The van der Waals surface area contributed by atoms with Gasteiger partial charge in [0, 0.05) is 34.8 Å². The quantitative estimate of drug-likeness (QED) is 0.128. The molecule has 1 aliphatic rings. The number of non-ortho nitro benzene ring substituents is 1. The molecule has 3 amide bonds. The average molecular weight is 605 g/mol. The first kappa shape index (κ1) is 31.3. The van der Waals surface area contributed by atoms with Crippen molar-refractivity contribution in [2.75, 3.05) is 20.3 Å². The molecule has 14 heteroatoms. The van der Waals surface area contributed by atoms with Gasteiger partial charge in [0.25, 0.3) is 11.6 Å². The highest BCUT2D eigenvalue weighted by Crippen LogP contribution is 2.34. The maximum atomic E-state index is 12.6. The Bertz CT molecular complexity index is 1680. The largest absolute Gasteiger partial charge is 0.493 e. The minimum absolute atomic E-state index is 0.0184.